The summed E-state index contributed by atoms with van der Waals surface area (Å²) >= 11 is 0. The number of fused-ring (bicyclic) bond motifs is 2. The molecule has 1 amide bonds. The zero-order chi connectivity index (χ0) is 17.9. The van der Waals surface area contributed by atoms with Crippen LogP contribution in [0.2, 0.25) is 0 Å². The minimum atomic E-state index is -0.404. The number of rotatable bonds is 5. The number of pyridine rings is 1. The van der Waals surface area contributed by atoms with Crippen LogP contribution in [0.5, 0.6) is 0 Å². The van der Waals surface area contributed by atoms with Gasteiger partial charge in [-0.2, -0.15) is 0 Å². The van der Waals surface area contributed by atoms with E-state index in [-0.39, 0.29) is 11.4 Å². The standard InChI is InChI=1S/C18H16N6O2/c25-17-12-6-1-2-7-13(12)20-16(21-17)18(26)19-10-5-9-15-23-22-14-8-3-4-11-24(14)15/h1-4,6-8,11H,5,9-10H2,(H,19,26)(H,20,21,25). The molecular formula is C18H16N6O2. The number of aromatic nitrogens is 5. The number of carbonyl (C=O) groups is 1. The summed E-state index contributed by atoms with van der Waals surface area (Å²) in [6.07, 6.45) is 3.28. The molecule has 0 aliphatic heterocycles. The van der Waals surface area contributed by atoms with Crippen molar-refractivity contribution in [3.05, 3.63) is 70.7 Å². The first-order chi connectivity index (χ1) is 12.7. The number of nitrogens with one attached hydrogen (secondary N) is 2. The van der Waals surface area contributed by atoms with Crippen molar-refractivity contribution in [2.75, 3.05) is 6.54 Å². The van der Waals surface area contributed by atoms with E-state index in [1.807, 2.05) is 28.8 Å². The Morgan fingerprint density at radius 2 is 1.96 bits per heavy atom. The fourth-order valence-corrected chi connectivity index (χ4v) is 2.79. The molecule has 0 saturated heterocycles. The van der Waals surface area contributed by atoms with Crippen molar-refractivity contribution >= 4 is 22.5 Å². The fraction of sp³-hybridized carbons (Fsp3) is 0.167. The lowest BCUT2D eigenvalue weighted by molar-refractivity contribution is 0.0943. The van der Waals surface area contributed by atoms with Gasteiger partial charge in [-0.1, -0.05) is 18.2 Å². The average molecular weight is 348 g/mol. The van der Waals surface area contributed by atoms with Gasteiger partial charge in [0.25, 0.3) is 11.5 Å². The number of hydrogen-bond acceptors (Lipinski definition) is 5. The predicted octanol–water partition coefficient (Wildman–Crippen LogP) is 1.33. The third-order valence-electron chi connectivity index (χ3n) is 4.07. The topological polar surface area (TPSA) is 105 Å². The Kier molecular flexibility index (Phi) is 4.14. The molecule has 4 aromatic rings. The molecule has 130 valence electrons. The number of carbonyl (C=O) groups excluding carboxylic acids is 1. The number of benzene rings is 1. The van der Waals surface area contributed by atoms with Gasteiger partial charge in [0.05, 0.1) is 10.9 Å². The Bertz CT molecular complexity index is 1150. The Morgan fingerprint density at radius 1 is 1.12 bits per heavy atom. The zero-order valence-corrected chi connectivity index (χ0v) is 13.8. The molecule has 26 heavy (non-hydrogen) atoms. The molecule has 8 nitrogen and oxygen atoms in total. The minimum absolute atomic E-state index is 0.0154. The highest BCUT2D eigenvalue weighted by molar-refractivity contribution is 5.92. The van der Waals surface area contributed by atoms with E-state index in [4.69, 9.17) is 0 Å². The number of H-pyrrole nitrogens is 1. The first-order valence-electron chi connectivity index (χ1n) is 8.28. The van der Waals surface area contributed by atoms with E-state index in [1.165, 1.54) is 0 Å². The van der Waals surface area contributed by atoms with E-state index in [2.05, 4.69) is 25.5 Å². The average Bonchev–Trinajstić information content (AvgIpc) is 3.08. The van der Waals surface area contributed by atoms with Crippen molar-refractivity contribution < 1.29 is 4.79 Å². The van der Waals surface area contributed by atoms with Crippen molar-refractivity contribution in [1.29, 1.82) is 0 Å². The summed E-state index contributed by atoms with van der Waals surface area (Å²) in [7, 11) is 0. The first-order valence-corrected chi connectivity index (χ1v) is 8.28. The maximum Gasteiger partial charge on any atom is 0.287 e. The van der Waals surface area contributed by atoms with Gasteiger partial charge < -0.3 is 10.3 Å². The molecular weight excluding hydrogens is 332 g/mol. The number of para-hydroxylation sites is 1. The van der Waals surface area contributed by atoms with Crippen LogP contribution in [0.1, 0.15) is 22.9 Å². The summed E-state index contributed by atoms with van der Waals surface area (Å²) in [5.74, 6) is 0.452. The summed E-state index contributed by atoms with van der Waals surface area (Å²) in [6.45, 7) is 0.442. The van der Waals surface area contributed by atoms with Crippen LogP contribution in [0, 0.1) is 0 Å². The van der Waals surface area contributed by atoms with Crippen molar-refractivity contribution in [1.82, 2.24) is 29.9 Å². The molecule has 2 N–H and O–H groups in total. The highest BCUT2D eigenvalue weighted by Gasteiger charge is 2.11. The van der Waals surface area contributed by atoms with Gasteiger partial charge in [0.2, 0.25) is 0 Å². The number of aryl methyl sites for hydroxylation is 1. The molecule has 0 bridgehead atoms. The minimum Gasteiger partial charge on any atom is -0.349 e. The van der Waals surface area contributed by atoms with E-state index in [9.17, 15) is 9.59 Å². The Hall–Kier alpha value is -3.55. The molecule has 0 fully saturated rings. The van der Waals surface area contributed by atoms with Crippen LogP contribution in [0.25, 0.3) is 16.6 Å². The second-order valence-corrected chi connectivity index (χ2v) is 5.84. The summed E-state index contributed by atoms with van der Waals surface area (Å²) in [5.41, 5.74) is 0.969. The first kappa shape index (κ1) is 15.9. The lowest BCUT2D eigenvalue weighted by atomic mass is 10.2. The van der Waals surface area contributed by atoms with Crippen molar-refractivity contribution in [3.63, 3.8) is 0 Å². The van der Waals surface area contributed by atoms with Gasteiger partial charge in [-0.3, -0.25) is 14.0 Å². The largest absolute Gasteiger partial charge is 0.349 e. The van der Waals surface area contributed by atoms with Crippen LogP contribution in [-0.2, 0) is 6.42 Å². The normalized spacial score (nSPS) is 11.1. The molecule has 3 heterocycles. The summed E-state index contributed by atoms with van der Waals surface area (Å²) in [6, 6.07) is 12.6. The quantitative estimate of drug-likeness (QED) is 0.529. The molecule has 1 aromatic carbocycles. The van der Waals surface area contributed by atoms with E-state index in [0.717, 1.165) is 11.5 Å². The Morgan fingerprint density at radius 3 is 2.88 bits per heavy atom. The lowest BCUT2D eigenvalue weighted by Crippen LogP contribution is -2.29. The van der Waals surface area contributed by atoms with Crippen molar-refractivity contribution in [3.8, 4) is 0 Å². The fourth-order valence-electron chi connectivity index (χ4n) is 2.79. The van der Waals surface area contributed by atoms with E-state index < -0.39 is 5.91 Å². The predicted molar refractivity (Wildman–Crippen MR) is 96.0 cm³/mol. The number of amides is 1. The van der Waals surface area contributed by atoms with Gasteiger partial charge in [-0.05, 0) is 30.7 Å². The van der Waals surface area contributed by atoms with Crippen LogP contribution in [0.3, 0.4) is 0 Å². The maximum absolute atomic E-state index is 12.2. The van der Waals surface area contributed by atoms with Gasteiger partial charge in [0.15, 0.2) is 11.5 Å². The molecule has 0 aliphatic rings. The molecule has 0 radical (unpaired) electrons. The van der Waals surface area contributed by atoms with Crippen molar-refractivity contribution in [2.24, 2.45) is 0 Å². The SMILES string of the molecule is O=C(NCCCc1nnc2ccccn12)c1nc2ccccc2c(=O)[nH]1. The van der Waals surface area contributed by atoms with E-state index in [0.29, 0.717) is 30.3 Å². The van der Waals surface area contributed by atoms with Crippen LogP contribution in [0.4, 0.5) is 0 Å². The third kappa shape index (κ3) is 3.04. The molecule has 0 saturated carbocycles. The van der Waals surface area contributed by atoms with Crippen LogP contribution in [0.15, 0.2) is 53.5 Å². The third-order valence-corrected chi connectivity index (χ3v) is 4.07. The number of hydrogen-bond donors (Lipinski definition) is 2. The molecule has 0 unspecified atom stereocenters. The maximum atomic E-state index is 12.2. The van der Waals surface area contributed by atoms with E-state index >= 15 is 0 Å². The zero-order valence-electron chi connectivity index (χ0n) is 13.8. The Balaban J connectivity index is 1.39. The summed E-state index contributed by atoms with van der Waals surface area (Å²) in [4.78, 5) is 31.0. The van der Waals surface area contributed by atoms with Crippen LogP contribution in [-0.4, -0.2) is 37.0 Å². The van der Waals surface area contributed by atoms with Crippen molar-refractivity contribution in [2.45, 2.75) is 12.8 Å². The molecule has 8 heteroatoms. The number of aromatic amines is 1. The van der Waals surface area contributed by atoms with Crippen LogP contribution < -0.4 is 10.9 Å². The van der Waals surface area contributed by atoms with E-state index in [1.54, 1.807) is 24.3 Å². The van der Waals surface area contributed by atoms with Gasteiger partial charge in [0, 0.05) is 19.2 Å². The van der Waals surface area contributed by atoms with Gasteiger partial charge in [-0.15, -0.1) is 10.2 Å². The Labute approximate surface area is 147 Å². The summed E-state index contributed by atoms with van der Waals surface area (Å²) < 4.78 is 1.92. The smallest absolute Gasteiger partial charge is 0.287 e. The van der Waals surface area contributed by atoms with Gasteiger partial charge in [-0.25, -0.2) is 4.98 Å². The lowest BCUT2D eigenvalue weighted by Gasteiger charge is -2.05. The highest BCUT2D eigenvalue weighted by Crippen LogP contribution is 2.06. The van der Waals surface area contributed by atoms with Gasteiger partial charge in [0.1, 0.15) is 5.82 Å². The molecule has 0 aliphatic carbocycles. The molecule has 0 spiro atoms. The van der Waals surface area contributed by atoms with Gasteiger partial charge >= 0.3 is 0 Å². The monoisotopic (exact) mass is 348 g/mol. The van der Waals surface area contributed by atoms with Crippen LogP contribution >= 0.6 is 0 Å². The second-order valence-electron chi connectivity index (χ2n) is 5.84. The molecule has 3 aromatic heterocycles. The molecule has 0 atom stereocenters. The molecule has 4 rings (SSSR count). The second kappa shape index (κ2) is 6.75. The summed E-state index contributed by atoms with van der Waals surface area (Å²) in [5, 5.41) is 11.5. The number of nitrogens with zero attached hydrogens (tertiary/aromatic N) is 4. The highest BCUT2D eigenvalue weighted by atomic mass is 16.2.